The third-order valence-electron chi connectivity index (χ3n) is 5.39. The summed E-state index contributed by atoms with van der Waals surface area (Å²) >= 11 is 0. The summed E-state index contributed by atoms with van der Waals surface area (Å²) in [4.78, 5) is 26.7. The van der Waals surface area contributed by atoms with Gasteiger partial charge < -0.3 is 10.8 Å². The van der Waals surface area contributed by atoms with Gasteiger partial charge in [-0.2, -0.15) is 8.42 Å². The minimum absolute atomic E-state index is 0.0694. The van der Waals surface area contributed by atoms with Crippen LogP contribution in [-0.4, -0.2) is 34.8 Å². The first-order valence-corrected chi connectivity index (χ1v) is 12.1. The van der Waals surface area contributed by atoms with Gasteiger partial charge in [0.2, 0.25) is 0 Å². The molecule has 182 valence electrons. The van der Waals surface area contributed by atoms with Crippen LogP contribution in [0.2, 0.25) is 0 Å². The molecule has 0 unspecified atom stereocenters. The van der Waals surface area contributed by atoms with Crippen molar-refractivity contribution in [2.24, 2.45) is 10.2 Å². The van der Waals surface area contributed by atoms with Crippen LogP contribution < -0.4 is 5.73 Å². The summed E-state index contributed by atoms with van der Waals surface area (Å²) in [6.07, 6.45) is 1.17. The van der Waals surface area contributed by atoms with Crippen molar-refractivity contribution in [1.29, 1.82) is 0 Å². The quantitative estimate of drug-likeness (QED) is 0.127. The second-order valence-corrected chi connectivity index (χ2v) is 9.21. The Labute approximate surface area is 205 Å². The second kappa shape index (κ2) is 10.0. The van der Waals surface area contributed by atoms with E-state index in [1.165, 1.54) is 12.3 Å². The van der Waals surface area contributed by atoms with Crippen molar-refractivity contribution in [2.75, 3.05) is 5.73 Å². The number of nitrogens with two attached hydrogens (primary N) is 1. The zero-order chi connectivity index (χ0) is 25.9. The van der Waals surface area contributed by atoms with Gasteiger partial charge in [-0.15, -0.1) is 10.2 Å². The number of pyridine rings is 1. The number of anilines is 1. The van der Waals surface area contributed by atoms with E-state index >= 15 is 0 Å². The van der Waals surface area contributed by atoms with E-state index < -0.39 is 16.1 Å². The number of rotatable bonds is 8. The smallest absolute Gasteiger partial charge is 0.303 e. The fraction of sp³-hybridized carbons (Fsp3) is 0.0800. The number of Topliss-reactive ketones (excluding diaryl/α,β-unsaturated/α-hetero) is 1. The molecule has 4 aromatic rings. The Morgan fingerprint density at radius 3 is 2.22 bits per heavy atom. The zero-order valence-corrected chi connectivity index (χ0v) is 19.5. The number of ketones is 1. The molecule has 0 aliphatic rings. The lowest BCUT2D eigenvalue weighted by Crippen LogP contribution is -2.03. The number of benzene rings is 3. The topological polar surface area (TPSA) is 172 Å². The van der Waals surface area contributed by atoms with Gasteiger partial charge in [-0.3, -0.25) is 19.1 Å². The Kier molecular flexibility index (Phi) is 6.86. The van der Waals surface area contributed by atoms with E-state index in [1.54, 1.807) is 54.6 Å². The Hall–Kier alpha value is -4.48. The zero-order valence-electron chi connectivity index (χ0n) is 18.7. The summed E-state index contributed by atoms with van der Waals surface area (Å²) in [7, 11) is -4.52. The molecular formula is C25H20N4O6S. The van der Waals surface area contributed by atoms with E-state index in [1.807, 2.05) is 0 Å². The molecule has 0 saturated heterocycles. The minimum Gasteiger partial charge on any atom is -0.481 e. The van der Waals surface area contributed by atoms with Gasteiger partial charge in [0.25, 0.3) is 10.1 Å². The SMILES string of the molecule is Nc1c(N=Nc2ccc(-c3ccc(C(=O)CCC(=O)O)cc3)nc2)cc(S(=O)(=O)O)c2ccccc12. The number of carboxylic acid groups (broad SMARTS) is 1. The van der Waals surface area contributed by atoms with Gasteiger partial charge in [-0.05, 0) is 18.2 Å². The average molecular weight is 505 g/mol. The third-order valence-corrected chi connectivity index (χ3v) is 6.29. The maximum absolute atomic E-state index is 12.0. The Morgan fingerprint density at radius 2 is 1.61 bits per heavy atom. The van der Waals surface area contributed by atoms with Crippen LogP contribution in [0.4, 0.5) is 17.1 Å². The number of hydrogen-bond acceptors (Lipinski definition) is 8. The number of carbonyl (C=O) groups excluding carboxylic acids is 1. The van der Waals surface area contributed by atoms with Crippen LogP contribution in [0.5, 0.6) is 0 Å². The molecule has 4 N–H and O–H groups in total. The minimum atomic E-state index is -4.52. The molecule has 11 heteroatoms. The number of nitrogen functional groups attached to an aromatic ring is 1. The summed E-state index contributed by atoms with van der Waals surface area (Å²) in [6.45, 7) is 0. The lowest BCUT2D eigenvalue weighted by atomic mass is 10.0. The number of aromatic nitrogens is 1. The van der Waals surface area contributed by atoms with Crippen molar-refractivity contribution in [1.82, 2.24) is 4.98 Å². The van der Waals surface area contributed by atoms with Crippen molar-refractivity contribution in [3.63, 3.8) is 0 Å². The molecule has 0 amide bonds. The van der Waals surface area contributed by atoms with Gasteiger partial charge in [-0.1, -0.05) is 48.5 Å². The first-order chi connectivity index (χ1) is 17.1. The summed E-state index contributed by atoms with van der Waals surface area (Å²) in [5, 5.41) is 17.6. The van der Waals surface area contributed by atoms with Crippen molar-refractivity contribution < 1.29 is 27.7 Å². The Bertz CT molecular complexity index is 1600. The van der Waals surface area contributed by atoms with Crippen LogP contribution >= 0.6 is 0 Å². The second-order valence-electron chi connectivity index (χ2n) is 7.82. The van der Waals surface area contributed by atoms with Crippen LogP contribution in [-0.2, 0) is 14.9 Å². The molecule has 0 fully saturated rings. The van der Waals surface area contributed by atoms with E-state index in [-0.39, 0.29) is 40.3 Å². The maximum Gasteiger partial charge on any atom is 0.303 e. The van der Waals surface area contributed by atoms with Crippen molar-refractivity contribution in [2.45, 2.75) is 17.7 Å². The van der Waals surface area contributed by atoms with Crippen LogP contribution in [0.15, 0.2) is 88.1 Å². The fourth-order valence-corrected chi connectivity index (χ4v) is 4.28. The molecule has 0 saturated carbocycles. The van der Waals surface area contributed by atoms with Crippen molar-refractivity contribution in [3.8, 4) is 11.3 Å². The highest BCUT2D eigenvalue weighted by molar-refractivity contribution is 7.86. The number of carboxylic acids is 1. The van der Waals surface area contributed by atoms with E-state index in [2.05, 4.69) is 15.2 Å². The van der Waals surface area contributed by atoms with Crippen LogP contribution in [0.3, 0.4) is 0 Å². The molecule has 36 heavy (non-hydrogen) atoms. The van der Waals surface area contributed by atoms with Crippen molar-refractivity contribution in [3.05, 3.63) is 78.5 Å². The van der Waals surface area contributed by atoms with Gasteiger partial charge >= 0.3 is 5.97 Å². The molecule has 0 radical (unpaired) electrons. The van der Waals surface area contributed by atoms with Crippen LogP contribution in [0.1, 0.15) is 23.2 Å². The van der Waals surface area contributed by atoms with Gasteiger partial charge in [0.05, 0.1) is 24.0 Å². The first-order valence-electron chi connectivity index (χ1n) is 10.7. The molecule has 1 heterocycles. The number of azo groups is 1. The molecule has 10 nitrogen and oxygen atoms in total. The van der Waals surface area contributed by atoms with Gasteiger partial charge in [0.15, 0.2) is 5.78 Å². The summed E-state index contributed by atoms with van der Waals surface area (Å²) in [5.74, 6) is -1.28. The average Bonchev–Trinajstić information content (AvgIpc) is 2.86. The molecule has 0 aliphatic heterocycles. The molecule has 0 aliphatic carbocycles. The number of carbonyl (C=O) groups is 2. The molecule has 0 atom stereocenters. The highest BCUT2D eigenvalue weighted by Gasteiger charge is 2.18. The fourth-order valence-electron chi connectivity index (χ4n) is 3.57. The van der Waals surface area contributed by atoms with Crippen LogP contribution in [0.25, 0.3) is 22.0 Å². The van der Waals surface area contributed by atoms with Gasteiger partial charge in [0, 0.05) is 28.3 Å². The molecule has 4 rings (SSSR count). The lowest BCUT2D eigenvalue weighted by molar-refractivity contribution is -0.136. The highest BCUT2D eigenvalue weighted by atomic mass is 32.2. The summed E-state index contributed by atoms with van der Waals surface area (Å²) in [6, 6.07) is 17.7. The summed E-state index contributed by atoms with van der Waals surface area (Å²) < 4.78 is 33.4. The van der Waals surface area contributed by atoms with E-state index in [9.17, 15) is 22.6 Å². The normalized spacial score (nSPS) is 11.7. The molecular weight excluding hydrogens is 484 g/mol. The Balaban J connectivity index is 1.56. The van der Waals surface area contributed by atoms with E-state index in [0.717, 1.165) is 11.6 Å². The van der Waals surface area contributed by atoms with Crippen molar-refractivity contribution >= 4 is 49.7 Å². The predicted molar refractivity (Wildman–Crippen MR) is 133 cm³/mol. The number of nitrogens with zero attached hydrogens (tertiary/aromatic N) is 3. The maximum atomic E-state index is 12.0. The van der Waals surface area contributed by atoms with E-state index in [0.29, 0.717) is 22.3 Å². The molecule has 0 bridgehead atoms. The summed E-state index contributed by atoms with van der Waals surface area (Å²) in [5.41, 5.74) is 8.60. The first kappa shape index (κ1) is 24.6. The Morgan fingerprint density at radius 1 is 0.917 bits per heavy atom. The third kappa shape index (κ3) is 5.43. The van der Waals surface area contributed by atoms with Crippen LogP contribution in [0, 0.1) is 0 Å². The van der Waals surface area contributed by atoms with E-state index in [4.69, 9.17) is 10.8 Å². The largest absolute Gasteiger partial charge is 0.481 e. The standard InChI is InChI=1S/C25H20N4O6S/c26-25-19-4-2-1-3-18(19)23(36(33,34)35)13-21(25)29-28-17-9-10-20(27-14-17)15-5-7-16(8-6-15)22(30)11-12-24(31)32/h1-10,13-14H,11-12,26H2,(H,31,32)(H,33,34,35). The highest BCUT2D eigenvalue weighted by Crippen LogP contribution is 2.36. The monoisotopic (exact) mass is 504 g/mol. The number of aliphatic carboxylic acids is 1. The molecule has 3 aromatic carbocycles. The number of hydrogen-bond donors (Lipinski definition) is 3. The lowest BCUT2D eigenvalue weighted by Gasteiger charge is -2.09. The van der Waals surface area contributed by atoms with Gasteiger partial charge in [-0.25, -0.2) is 0 Å². The predicted octanol–water partition coefficient (Wildman–Crippen LogP) is 5.19. The van der Waals surface area contributed by atoms with Gasteiger partial charge in [0.1, 0.15) is 16.3 Å². The molecule has 1 aromatic heterocycles. The molecule has 0 spiro atoms. The number of fused-ring (bicyclic) bond motifs is 1.